The molecule has 156 valence electrons. The number of methoxy groups -OCH3 is 1. The third-order valence-electron chi connectivity index (χ3n) is 5.69. The minimum Gasteiger partial charge on any atom is -0.497 e. The minimum atomic E-state index is -0.184. The van der Waals surface area contributed by atoms with Crippen molar-refractivity contribution < 1.29 is 14.3 Å². The van der Waals surface area contributed by atoms with Gasteiger partial charge in [0.1, 0.15) is 5.75 Å². The number of fused-ring (bicyclic) bond motifs is 1. The van der Waals surface area contributed by atoms with Gasteiger partial charge in [-0.3, -0.25) is 9.59 Å². The molecule has 0 saturated carbocycles. The largest absolute Gasteiger partial charge is 0.497 e. The Hall–Kier alpha value is -3.35. The van der Waals surface area contributed by atoms with E-state index in [0.29, 0.717) is 25.9 Å². The van der Waals surface area contributed by atoms with Crippen LogP contribution in [-0.4, -0.2) is 41.1 Å². The van der Waals surface area contributed by atoms with Crippen molar-refractivity contribution in [1.82, 2.24) is 14.9 Å². The van der Waals surface area contributed by atoms with Gasteiger partial charge >= 0.3 is 0 Å². The standard InChI is InChI=1S/C23H26N4O3/c1-15-10-20-21(11-16(15)2)26(14-24-20)9-8-22(28)25-17-12-23(29)27(13-17)18-4-6-19(30-3)7-5-18/h4-7,10-11,14,17H,8-9,12-13H2,1-3H3,(H,25,28). The summed E-state index contributed by atoms with van der Waals surface area (Å²) in [5.74, 6) is 0.694. The van der Waals surface area contributed by atoms with Crippen molar-refractivity contribution in [1.29, 1.82) is 0 Å². The second-order valence-corrected chi connectivity index (χ2v) is 7.78. The number of carbonyl (C=O) groups excluding carboxylic acids is 2. The number of nitrogens with one attached hydrogen (secondary N) is 1. The topological polar surface area (TPSA) is 76.5 Å². The number of aryl methyl sites for hydroxylation is 3. The van der Waals surface area contributed by atoms with Crippen LogP contribution < -0.4 is 15.0 Å². The van der Waals surface area contributed by atoms with E-state index < -0.39 is 0 Å². The molecule has 0 bridgehead atoms. The zero-order valence-corrected chi connectivity index (χ0v) is 17.5. The third-order valence-corrected chi connectivity index (χ3v) is 5.69. The Morgan fingerprint density at radius 2 is 1.93 bits per heavy atom. The van der Waals surface area contributed by atoms with Crippen LogP contribution in [0.15, 0.2) is 42.7 Å². The molecule has 0 aliphatic carbocycles. The quantitative estimate of drug-likeness (QED) is 0.683. The molecule has 1 aromatic heterocycles. The van der Waals surface area contributed by atoms with Crippen LogP contribution in [-0.2, 0) is 16.1 Å². The second kappa shape index (κ2) is 8.18. The van der Waals surface area contributed by atoms with Gasteiger partial charge in [0, 0.05) is 31.6 Å². The molecule has 1 saturated heterocycles. The van der Waals surface area contributed by atoms with E-state index >= 15 is 0 Å². The molecule has 1 N–H and O–H groups in total. The number of benzene rings is 2. The van der Waals surface area contributed by atoms with Crippen LogP contribution in [0.25, 0.3) is 11.0 Å². The van der Waals surface area contributed by atoms with Crippen molar-refractivity contribution >= 4 is 28.5 Å². The Morgan fingerprint density at radius 1 is 1.20 bits per heavy atom. The van der Waals surface area contributed by atoms with Crippen LogP contribution in [0.3, 0.4) is 0 Å². The van der Waals surface area contributed by atoms with Crippen molar-refractivity contribution in [3.63, 3.8) is 0 Å². The molecule has 1 aliphatic rings. The molecular formula is C23H26N4O3. The molecule has 0 radical (unpaired) electrons. The lowest BCUT2D eigenvalue weighted by atomic mass is 10.1. The maximum absolute atomic E-state index is 12.5. The van der Waals surface area contributed by atoms with Crippen LogP contribution in [0.5, 0.6) is 5.75 Å². The average molecular weight is 406 g/mol. The van der Waals surface area contributed by atoms with Crippen LogP contribution in [0.2, 0.25) is 0 Å². The fourth-order valence-corrected chi connectivity index (χ4v) is 3.83. The lowest BCUT2D eigenvalue weighted by molar-refractivity contribution is -0.122. The first-order valence-electron chi connectivity index (χ1n) is 10.1. The van der Waals surface area contributed by atoms with Crippen molar-refractivity contribution in [3.05, 3.63) is 53.9 Å². The van der Waals surface area contributed by atoms with Gasteiger partial charge in [-0.25, -0.2) is 4.98 Å². The summed E-state index contributed by atoms with van der Waals surface area (Å²) in [5, 5.41) is 3.00. The SMILES string of the molecule is COc1ccc(N2CC(NC(=O)CCn3cnc4cc(C)c(C)cc43)CC2=O)cc1. The van der Waals surface area contributed by atoms with E-state index in [0.717, 1.165) is 22.5 Å². The lowest BCUT2D eigenvalue weighted by Crippen LogP contribution is -2.37. The molecule has 1 fully saturated rings. The Labute approximate surface area is 175 Å². The Kier molecular flexibility index (Phi) is 5.44. The van der Waals surface area contributed by atoms with E-state index in [1.165, 1.54) is 11.1 Å². The van der Waals surface area contributed by atoms with Gasteiger partial charge in [0.05, 0.1) is 30.5 Å². The van der Waals surface area contributed by atoms with Gasteiger partial charge in [0.15, 0.2) is 0 Å². The number of rotatable bonds is 6. The highest BCUT2D eigenvalue weighted by atomic mass is 16.5. The number of imidazole rings is 1. The van der Waals surface area contributed by atoms with Crippen molar-refractivity contribution in [2.75, 3.05) is 18.6 Å². The molecule has 7 nitrogen and oxygen atoms in total. The number of ether oxygens (including phenoxy) is 1. The fraction of sp³-hybridized carbons (Fsp3) is 0.348. The van der Waals surface area contributed by atoms with Crippen LogP contribution in [0, 0.1) is 13.8 Å². The molecule has 2 heterocycles. The van der Waals surface area contributed by atoms with Crippen molar-refractivity contribution in [2.45, 2.75) is 39.3 Å². The number of aromatic nitrogens is 2. The Morgan fingerprint density at radius 3 is 2.67 bits per heavy atom. The molecule has 7 heteroatoms. The van der Waals surface area contributed by atoms with E-state index in [-0.39, 0.29) is 17.9 Å². The molecular weight excluding hydrogens is 380 g/mol. The molecule has 1 aliphatic heterocycles. The van der Waals surface area contributed by atoms with Gasteiger partial charge in [-0.1, -0.05) is 0 Å². The molecule has 3 aromatic rings. The van der Waals surface area contributed by atoms with Gasteiger partial charge in [0.25, 0.3) is 0 Å². The van der Waals surface area contributed by atoms with Crippen LogP contribution in [0.4, 0.5) is 5.69 Å². The maximum Gasteiger partial charge on any atom is 0.229 e. The smallest absolute Gasteiger partial charge is 0.229 e. The number of hydrogen-bond donors (Lipinski definition) is 1. The first-order valence-corrected chi connectivity index (χ1v) is 10.1. The minimum absolute atomic E-state index is 0.0110. The summed E-state index contributed by atoms with van der Waals surface area (Å²) >= 11 is 0. The van der Waals surface area contributed by atoms with E-state index in [1.807, 2.05) is 28.8 Å². The van der Waals surface area contributed by atoms with E-state index in [1.54, 1.807) is 18.3 Å². The third kappa shape index (κ3) is 4.01. The van der Waals surface area contributed by atoms with Gasteiger partial charge in [-0.15, -0.1) is 0 Å². The average Bonchev–Trinajstić information content (AvgIpc) is 3.29. The van der Waals surface area contributed by atoms with Gasteiger partial charge in [0.2, 0.25) is 11.8 Å². The molecule has 2 amide bonds. The molecule has 0 spiro atoms. The van der Waals surface area contributed by atoms with E-state index in [4.69, 9.17) is 4.74 Å². The zero-order chi connectivity index (χ0) is 21.3. The Balaban J connectivity index is 1.34. The first kappa shape index (κ1) is 19.9. The highest BCUT2D eigenvalue weighted by Crippen LogP contribution is 2.24. The van der Waals surface area contributed by atoms with E-state index in [9.17, 15) is 9.59 Å². The zero-order valence-electron chi connectivity index (χ0n) is 17.5. The Bertz CT molecular complexity index is 1090. The molecule has 1 unspecified atom stereocenters. The second-order valence-electron chi connectivity index (χ2n) is 7.78. The van der Waals surface area contributed by atoms with Gasteiger partial charge in [-0.2, -0.15) is 0 Å². The summed E-state index contributed by atoms with van der Waals surface area (Å²) in [6, 6.07) is 11.4. The number of amides is 2. The van der Waals surface area contributed by atoms with Crippen molar-refractivity contribution in [2.24, 2.45) is 0 Å². The summed E-state index contributed by atoms with van der Waals surface area (Å²) in [6.07, 6.45) is 2.43. The predicted molar refractivity (Wildman–Crippen MR) is 116 cm³/mol. The number of nitrogens with zero attached hydrogens (tertiary/aromatic N) is 3. The molecule has 2 aromatic carbocycles. The normalized spacial score (nSPS) is 16.3. The monoisotopic (exact) mass is 406 g/mol. The van der Waals surface area contributed by atoms with Crippen LogP contribution >= 0.6 is 0 Å². The molecule has 4 rings (SSSR count). The fourth-order valence-electron chi connectivity index (χ4n) is 3.83. The number of hydrogen-bond acceptors (Lipinski definition) is 4. The highest BCUT2D eigenvalue weighted by Gasteiger charge is 2.31. The highest BCUT2D eigenvalue weighted by molar-refractivity contribution is 5.96. The summed E-state index contributed by atoms with van der Waals surface area (Å²) in [4.78, 5) is 31.0. The first-order chi connectivity index (χ1) is 14.4. The van der Waals surface area contributed by atoms with Crippen LogP contribution in [0.1, 0.15) is 24.0 Å². The number of anilines is 1. The van der Waals surface area contributed by atoms with E-state index in [2.05, 4.69) is 36.3 Å². The summed E-state index contributed by atoms with van der Waals surface area (Å²) in [6.45, 7) is 5.17. The number of carbonyl (C=O) groups is 2. The van der Waals surface area contributed by atoms with Crippen molar-refractivity contribution in [3.8, 4) is 5.75 Å². The maximum atomic E-state index is 12.5. The molecule has 30 heavy (non-hydrogen) atoms. The lowest BCUT2D eigenvalue weighted by Gasteiger charge is -2.17. The summed E-state index contributed by atoms with van der Waals surface area (Å²) < 4.78 is 7.17. The molecule has 1 atom stereocenters. The van der Waals surface area contributed by atoms with Gasteiger partial charge < -0.3 is 19.5 Å². The summed E-state index contributed by atoms with van der Waals surface area (Å²) in [5.41, 5.74) is 5.20. The predicted octanol–water partition coefficient (Wildman–Crippen LogP) is 2.97. The van der Waals surface area contributed by atoms with Gasteiger partial charge in [-0.05, 0) is 61.4 Å². The summed E-state index contributed by atoms with van der Waals surface area (Å²) in [7, 11) is 1.61.